The molecule has 0 spiro atoms. The number of fused-ring (bicyclic) bond motifs is 1. The molecule has 0 heterocycles. The number of allylic oxidation sites excluding steroid dienone is 1. The third-order valence-electron chi connectivity index (χ3n) is 3.92. The molecule has 0 unspecified atom stereocenters. The minimum Gasteiger partial charge on any atom is -0.389 e. The van der Waals surface area contributed by atoms with Crippen LogP contribution in [0.15, 0.2) is 49.1 Å². The fraction of sp³-hybridized carbons (Fsp3) is 0.333. The molecule has 0 aliphatic heterocycles. The van der Waals surface area contributed by atoms with E-state index in [0.717, 1.165) is 6.42 Å². The summed E-state index contributed by atoms with van der Waals surface area (Å²) in [5.41, 5.74) is 2.07. The van der Waals surface area contributed by atoms with E-state index in [9.17, 15) is 5.11 Å². The van der Waals surface area contributed by atoms with Gasteiger partial charge in [0.2, 0.25) is 0 Å². The zero-order valence-electron chi connectivity index (χ0n) is 9.26. The molecule has 1 nitrogen and oxygen atoms in total. The van der Waals surface area contributed by atoms with Gasteiger partial charge in [-0.1, -0.05) is 42.5 Å². The molecule has 3 aliphatic rings. The van der Waals surface area contributed by atoms with Crippen molar-refractivity contribution in [3.05, 3.63) is 60.2 Å². The maximum absolute atomic E-state index is 10.7. The third kappa shape index (κ3) is 1.21. The van der Waals surface area contributed by atoms with E-state index in [2.05, 4.69) is 43.0 Å². The van der Waals surface area contributed by atoms with Gasteiger partial charge in [0.15, 0.2) is 0 Å². The number of benzene rings is 1. The first-order valence-corrected chi connectivity index (χ1v) is 5.85. The molecule has 16 heavy (non-hydrogen) atoms. The Hall–Kier alpha value is -1.34. The van der Waals surface area contributed by atoms with Gasteiger partial charge in [0.05, 0.1) is 5.60 Å². The molecule has 0 fully saturated rings. The molecule has 3 atom stereocenters. The maximum Gasteiger partial charge on any atom is 0.0793 e. The predicted octanol–water partition coefficient (Wildman–Crippen LogP) is 3.13. The summed E-state index contributed by atoms with van der Waals surface area (Å²) in [5, 5.41) is 10.7. The predicted molar refractivity (Wildman–Crippen MR) is 65.4 cm³/mol. The van der Waals surface area contributed by atoms with Crippen molar-refractivity contribution in [1.82, 2.24) is 0 Å². The van der Waals surface area contributed by atoms with Gasteiger partial charge in [-0.25, -0.2) is 0 Å². The van der Waals surface area contributed by atoms with Crippen LogP contribution in [0.3, 0.4) is 0 Å². The molecular weight excluding hydrogens is 196 g/mol. The number of hydrogen-bond acceptors (Lipinski definition) is 1. The molecular formula is C15H16O. The third-order valence-corrected chi connectivity index (χ3v) is 3.92. The molecule has 1 aromatic rings. The number of rotatable bonds is 2. The molecule has 0 saturated heterocycles. The van der Waals surface area contributed by atoms with Gasteiger partial charge in [-0.05, 0) is 24.0 Å². The summed E-state index contributed by atoms with van der Waals surface area (Å²) >= 11 is 0. The van der Waals surface area contributed by atoms with Crippen molar-refractivity contribution in [3.8, 4) is 0 Å². The van der Waals surface area contributed by atoms with Gasteiger partial charge in [0.1, 0.15) is 0 Å². The highest BCUT2D eigenvalue weighted by Gasteiger charge is 2.45. The summed E-state index contributed by atoms with van der Waals surface area (Å²) in [4.78, 5) is 0. The Morgan fingerprint density at radius 3 is 2.81 bits per heavy atom. The molecule has 0 aromatic heterocycles. The zero-order chi connectivity index (χ0) is 11.2. The first-order chi connectivity index (χ1) is 7.74. The lowest BCUT2D eigenvalue weighted by atomic mass is 9.62. The Labute approximate surface area is 96.1 Å². The van der Waals surface area contributed by atoms with Gasteiger partial charge in [-0.3, -0.25) is 0 Å². The molecule has 1 heteroatoms. The largest absolute Gasteiger partial charge is 0.389 e. The van der Waals surface area contributed by atoms with Crippen molar-refractivity contribution in [2.75, 3.05) is 0 Å². The minimum atomic E-state index is -0.616. The summed E-state index contributed by atoms with van der Waals surface area (Å²) in [6.45, 7) is 3.76. The monoisotopic (exact) mass is 212 g/mol. The second-order valence-corrected chi connectivity index (χ2v) is 4.90. The Morgan fingerprint density at radius 1 is 1.31 bits per heavy atom. The lowest BCUT2D eigenvalue weighted by molar-refractivity contribution is 0.00473. The van der Waals surface area contributed by atoms with Crippen LogP contribution >= 0.6 is 0 Å². The fourth-order valence-corrected chi connectivity index (χ4v) is 3.20. The van der Waals surface area contributed by atoms with E-state index in [0.29, 0.717) is 12.3 Å². The van der Waals surface area contributed by atoms with E-state index in [1.807, 2.05) is 6.08 Å². The van der Waals surface area contributed by atoms with Crippen molar-refractivity contribution in [2.45, 2.75) is 30.3 Å². The Kier molecular flexibility index (Phi) is 2.05. The molecule has 4 rings (SSSR count). The smallest absolute Gasteiger partial charge is 0.0793 e. The summed E-state index contributed by atoms with van der Waals surface area (Å²) in [5.74, 6) is 0.526. The van der Waals surface area contributed by atoms with Crippen molar-refractivity contribution in [2.24, 2.45) is 0 Å². The van der Waals surface area contributed by atoms with Crippen LogP contribution in [0.2, 0.25) is 0 Å². The number of hydrogen-bond donors (Lipinski definition) is 1. The summed E-state index contributed by atoms with van der Waals surface area (Å²) in [7, 11) is 0. The minimum absolute atomic E-state index is 0.145. The lowest BCUT2D eigenvalue weighted by Gasteiger charge is -2.46. The fourth-order valence-electron chi connectivity index (χ4n) is 3.20. The first-order valence-electron chi connectivity index (χ1n) is 5.85. The van der Waals surface area contributed by atoms with E-state index >= 15 is 0 Å². The molecule has 3 aliphatic carbocycles. The topological polar surface area (TPSA) is 20.2 Å². The highest BCUT2D eigenvalue weighted by atomic mass is 16.3. The van der Waals surface area contributed by atoms with Crippen molar-refractivity contribution in [1.29, 1.82) is 0 Å². The Morgan fingerprint density at radius 2 is 2.06 bits per heavy atom. The maximum atomic E-state index is 10.7. The molecule has 0 saturated carbocycles. The van der Waals surface area contributed by atoms with E-state index in [4.69, 9.17) is 0 Å². The van der Waals surface area contributed by atoms with Gasteiger partial charge in [0, 0.05) is 11.8 Å². The molecule has 0 amide bonds. The Bertz CT molecular complexity index is 460. The van der Waals surface area contributed by atoms with E-state index in [-0.39, 0.29) is 5.92 Å². The highest BCUT2D eigenvalue weighted by Crippen LogP contribution is 2.51. The van der Waals surface area contributed by atoms with Crippen molar-refractivity contribution in [3.63, 3.8) is 0 Å². The van der Waals surface area contributed by atoms with E-state index < -0.39 is 5.60 Å². The van der Waals surface area contributed by atoms with Crippen molar-refractivity contribution < 1.29 is 5.11 Å². The van der Waals surface area contributed by atoms with Crippen LogP contribution in [0.5, 0.6) is 0 Å². The summed E-state index contributed by atoms with van der Waals surface area (Å²) < 4.78 is 0. The molecule has 1 aromatic carbocycles. The van der Waals surface area contributed by atoms with Crippen LogP contribution < -0.4 is 0 Å². The zero-order valence-corrected chi connectivity index (χ0v) is 9.26. The SMILES string of the molecule is C=CC[C@]1(O)C[C@H]2C=C[C@@H]1c1ccccc12. The van der Waals surface area contributed by atoms with Crippen LogP contribution in [-0.2, 0) is 0 Å². The summed E-state index contributed by atoms with van der Waals surface area (Å²) in [6, 6.07) is 8.47. The first kappa shape index (κ1) is 9.86. The molecule has 82 valence electrons. The van der Waals surface area contributed by atoms with Crippen molar-refractivity contribution >= 4 is 0 Å². The van der Waals surface area contributed by atoms with Crippen LogP contribution in [0.1, 0.15) is 35.8 Å². The van der Waals surface area contributed by atoms with Gasteiger partial charge in [0.25, 0.3) is 0 Å². The van der Waals surface area contributed by atoms with Gasteiger partial charge in [-0.15, -0.1) is 6.58 Å². The van der Waals surface area contributed by atoms with E-state index in [1.54, 1.807) is 0 Å². The molecule has 0 radical (unpaired) electrons. The standard InChI is InChI=1S/C15H16O/c1-2-9-15(16)10-11-7-8-14(15)13-6-4-3-5-12(11)13/h2-8,11,14,16H,1,9-10H2/t11-,14-,15+/m1/s1. The van der Waals surface area contributed by atoms with Crippen LogP contribution in [0, 0.1) is 0 Å². The highest BCUT2D eigenvalue weighted by molar-refractivity contribution is 5.47. The van der Waals surface area contributed by atoms with Gasteiger partial charge < -0.3 is 5.11 Å². The van der Waals surface area contributed by atoms with E-state index in [1.165, 1.54) is 11.1 Å². The summed E-state index contributed by atoms with van der Waals surface area (Å²) in [6.07, 6.45) is 7.74. The average molecular weight is 212 g/mol. The second kappa shape index (κ2) is 3.33. The Balaban J connectivity index is 2.11. The van der Waals surface area contributed by atoms with Crippen LogP contribution in [0.4, 0.5) is 0 Å². The quantitative estimate of drug-likeness (QED) is 0.747. The van der Waals surface area contributed by atoms with Crippen LogP contribution in [-0.4, -0.2) is 10.7 Å². The van der Waals surface area contributed by atoms with Crippen LogP contribution in [0.25, 0.3) is 0 Å². The lowest BCUT2D eigenvalue weighted by Crippen LogP contribution is -2.42. The van der Waals surface area contributed by atoms with Gasteiger partial charge in [-0.2, -0.15) is 0 Å². The second-order valence-electron chi connectivity index (χ2n) is 4.90. The molecule has 1 N–H and O–H groups in total. The number of aliphatic hydroxyl groups is 1. The van der Waals surface area contributed by atoms with Gasteiger partial charge >= 0.3 is 0 Å². The normalized spacial score (nSPS) is 34.8. The molecule has 2 bridgehead atoms. The average Bonchev–Trinajstić information content (AvgIpc) is 2.30.